The number of aromatic nitrogens is 1. The van der Waals surface area contributed by atoms with E-state index in [-0.39, 0.29) is 5.41 Å². The Bertz CT molecular complexity index is 283. The van der Waals surface area contributed by atoms with Gasteiger partial charge in [0.05, 0.1) is 5.01 Å². The Morgan fingerprint density at radius 1 is 1.50 bits per heavy atom. The van der Waals surface area contributed by atoms with Crippen LogP contribution in [0.4, 0.5) is 0 Å². The van der Waals surface area contributed by atoms with Crippen molar-refractivity contribution in [2.45, 2.75) is 26.2 Å². The van der Waals surface area contributed by atoms with Crippen LogP contribution in [-0.2, 0) is 5.41 Å². The van der Waals surface area contributed by atoms with Crippen LogP contribution in [0.5, 0.6) is 0 Å². The summed E-state index contributed by atoms with van der Waals surface area (Å²) in [6.07, 6.45) is 3.91. The fourth-order valence-electron chi connectivity index (χ4n) is 0.772. The molecule has 0 fully saturated rings. The second-order valence-corrected chi connectivity index (χ2v) is 5.20. The van der Waals surface area contributed by atoms with Crippen molar-refractivity contribution in [1.29, 1.82) is 0 Å². The van der Waals surface area contributed by atoms with E-state index in [1.165, 1.54) is 9.88 Å². The monoisotopic (exact) mass is 245 g/mol. The SMILES string of the molecule is CC(C)(C)c1ncc(/C=C/Br)s1. The van der Waals surface area contributed by atoms with Crippen LogP contribution in [0.3, 0.4) is 0 Å². The molecule has 0 amide bonds. The van der Waals surface area contributed by atoms with E-state index in [4.69, 9.17) is 0 Å². The van der Waals surface area contributed by atoms with Gasteiger partial charge in [-0.3, -0.25) is 0 Å². The molecule has 1 aromatic heterocycles. The van der Waals surface area contributed by atoms with Crippen molar-refractivity contribution in [3.05, 3.63) is 21.1 Å². The van der Waals surface area contributed by atoms with Crippen LogP contribution in [0.15, 0.2) is 11.2 Å². The molecule has 0 spiro atoms. The zero-order valence-electron chi connectivity index (χ0n) is 7.47. The lowest BCUT2D eigenvalue weighted by molar-refractivity contribution is 0.585. The zero-order valence-corrected chi connectivity index (χ0v) is 9.87. The molecule has 1 nitrogen and oxygen atoms in total. The molecule has 0 saturated carbocycles. The molecule has 0 N–H and O–H groups in total. The Labute approximate surface area is 85.7 Å². The van der Waals surface area contributed by atoms with Crippen LogP contribution in [0.25, 0.3) is 6.08 Å². The predicted octanol–water partition coefficient (Wildman–Crippen LogP) is 3.81. The molecule has 0 unspecified atom stereocenters. The molecule has 1 aromatic rings. The number of thiazole rings is 1. The van der Waals surface area contributed by atoms with Crippen LogP contribution in [0.1, 0.15) is 30.7 Å². The normalized spacial score (nSPS) is 12.7. The molecule has 0 bridgehead atoms. The second kappa shape index (κ2) is 3.71. The van der Waals surface area contributed by atoms with Gasteiger partial charge in [0.2, 0.25) is 0 Å². The van der Waals surface area contributed by atoms with Crippen molar-refractivity contribution < 1.29 is 0 Å². The second-order valence-electron chi connectivity index (χ2n) is 3.61. The molecule has 0 atom stereocenters. The molecule has 0 saturated heterocycles. The summed E-state index contributed by atoms with van der Waals surface area (Å²) in [5, 5.41) is 1.18. The molecule has 3 heteroatoms. The smallest absolute Gasteiger partial charge is 0.0984 e. The number of hydrogen-bond acceptors (Lipinski definition) is 2. The fourth-order valence-corrected chi connectivity index (χ4v) is 2.11. The third-order valence-corrected chi connectivity index (χ3v) is 3.05. The highest BCUT2D eigenvalue weighted by atomic mass is 79.9. The van der Waals surface area contributed by atoms with Gasteiger partial charge in [0, 0.05) is 16.5 Å². The first-order chi connectivity index (χ1) is 5.54. The maximum Gasteiger partial charge on any atom is 0.0984 e. The van der Waals surface area contributed by atoms with Gasteiger partial charge < -0.3 is 0 Å². The molecule has 0 aromatic carbocycles. The largest absolute Gasteiger partial charge is 0.248 e. The van der Waals surface area contributed by atoms with E-state index in [0.29, 0.717) is 0 Å². The van der Waals surface area contributed by atoms with Crippen molar-refractivity contribution in [2.24, 2.45) is 0 Å². The maximum atomic E-state index is 4.35. The number of hydrogen-bond donors (Lipinski definition) is 0. The van der Waals surface area contributed by atoms with Crippen LogP contribution in [0.2, 0.25) is 0 Å². The Kier molecular flexibility index (Phi) is 3.07. The highest BCUT2D eigenvalue weighted by molar-refractivity contribution is 9.11. The van der Waals surface area contributed by atoms with E-state index in [1.54, 1.807) is 11.3 Å². The first-order valence-corrected chi connectivity index (χ1v) is 5.50. The molecule has 1 heterocycles. The Balaban J connectivity index is 2.92. The zero-order chi connectivity index (χ0) is 9.19. The third-order valence-electron chi connectivity index (χ3n) is 1.39. The highest BCUT2D eigenvalue weighted by Crippen LogP contribution is 2.27. The summed E-state index contributed by atoms with van der Waals surface area (Å²) in [5.41, 5.74) is 0.170. The van der Waals surface area contributed by atoms with Crippen molar-refractivity contribution in [2.75, 3.05) is 0 Å². The molecule has 12 heavy (non-hydrogen) atoms. The van der Waals surface area contributed by atoms with Gasteiger partial charge in [-0.15, -0.1) is 11.3 Å². The van der Waals surface area contributed by atoms with Gasteiger partial charge >= 0.3 is 0 Å². The van der Waals surface area contributed by atoms with Crippen molar-refractivity contribution in [3.63, 3.8) is 0 Å². The van der Waals surface area contributed by atoms with E-state index in [2.05, 4.69) is 41.7 Å². The number of rotatable bonds is 1. The van der Waals surface area contributed by atoms with Gasteiger partial charge in [-0.1, -0.05) is 36.7 Å². The number of halogens is 1. The van der Waals surface area contributed by atoms with Gasteiger partial charge in [-0.05, 0) is 11.1 Å². The quantitative estimate of drug-likeness (QED) is 0.734. The summed E-state index contributed by atoms with van der Waals surface area (Å²) in [6.45, 7) is 6.52. The molecule has 0 aliphatic rings. The van der Waals surface area contributed by atoms with Gasteiger partial charge in [-0.2, -0.15) is 0 Å². The van der Waals surface area contributed by atoms with Gasteiger partial charge in [0.25, 0.3) is 0 Å². The summed E-state index contributed by atoms with van der Waals surface area (Å²) in [6, 6.07) is 0. The van der Waals surface area contributed by atoms with E-state index in [9.17, 15) is 0 Å². The predicted molar refractivity (Wildman–Crippen MR) is 58.8 cm³/mol. The van der Waals surface area contributed by atoms with Crippen molar-refractivity contribution in [3.8, 4) is 0 Å². The average Bonchev–Trinajstić information content (AvgIpc) is 2.35. The number of nitrogens with zero attached hydrogens (tertiary/aromatic N) is 1. The first-order valence-electron chi connectivity index (χ1n) is 3.77. The Hall–Kier alpha value is -0.150. The maximum absolute atomic E-state index is 4.35. The lowest BCUT2D eigenvalue weighted by Gasteiger charge is -2.13. The highest BCUT2D eigenvalue weighted by Gasteiger charge is 2.16. The molecule has 0 aliphatic heterocycles. The van der Waals surface area contributed by atoms with Gasteiger partial charge in [0.15, 0.2) is 0 Å². The van der Waals surface area contributed by atoms with Crippen LogP contribution < -0.4 is 0 Å². The van der Waals surface area contributed by atoms with E-state index in [1.807, 2.05) is 17.3 Å². The Morgan fingerprint density at radius 3 is 2.58 bits per heavy atom. The fraction of sp³-hybridized carbons (Fsp3) is 0.444. The summed E-state index contributed by atoms with van der Waals surface area (Å²) < 4.78 is 0. The van der Waals surface area contributed by atoms with E-state index in [0.717, 1.165) is 0 Å². The minimum atomic E-state index is 0.170. The van der Waals surface area contributed by atoms with Crippen molar-refractivity contribution in [1.82, 2.24) is 4.98 Å². The topological polar surface area (TPSA) is 12.9 Å². The molecule has 66 valence electrons. The Morgan fingerprint density at radius 2 is 2.17 bits per heavy atom. The first kappa shape index (κ1) is 9.93. The summed E-state index contributed by atoms with van der Waals surface area (Å²) >= 11 is 4.98. The summed E-state index contributed by atoms with van der Waals surface area (Å²) in [7, 11) is 0. The molecule has 1 rings (SSSR count). The standard InChI is InChI=1S/C9H12BrNS/c1-9(2,3)8-11-6-7(12-8)4-5-10/h4-6H,1-3H3/b5-4+. The van der Waals surface area contributed by atoms with E-state index >= 15 is 0 Å². The summed E-state index contributed by atoms with van der Waals surface area (Å²) in [4.78, 5) is 7.40. The van der Waals surface area contributed by atoms with E-state index < -0.39 is 0 Å². The lowest BCUT2D eigenvalue weighted by Crippen LogP contribution is -2.09. The minimum absolute atomic E-state index is 0.170. The van der Waals surface area contributed by atoms with Crippen LogP contribution >= 0.6 is 27.3 Å². The van der Waals surface area contributed by atoms with Gasteiger partial charge in [-0.25, -0.2) is 4.98 Å². The lowest BCUT2D eigenvalue weighted by atomic mass is 9.98. The summed E-state index contributed by atoms with van der Waals surface area (Å²) in [5.74, 6) is 0. The van der Waals surface area contributed by atoms with Crippen LogP contribution in [-0.4, -0.2) is 4.98 Å². The minimum Gasteiger partial charge on any atom is -0.248 e. The molecule has 0 radical (unpaired) electrons. The van der Waals surface area contributed by atoms with Crippen molar-refractivity contribution >= 4 is 33.3 Å². The van der Waals surface area contributed by atoms with Gasteiger partial charge in [0.1, 0.15) is 0 Å². The molecule has 0 aliphatic carbocycles. The van der Waals surface area contributed by atoms with Crippen LogP contribution in [0, 0.1) is 0 Å². The average molecular weight is 246 g/mol. The molecular formula is C9H12BrNS. The third kappa shape index (κ3) is 2.42. The molecular weight excluding hydrogens is 234 g/mol.